The van der Waals surface area contributed by atoms with Crippen molar-refractivity contribution < 1.29 is 17.7 Å². The fourth-order valence-electron chi connectivity index (χ4n) is 2.36. The van der Waals surface area contributed by atoms with Crippen LogP contribution in [0.1, 0.15) is 35.2 Å². The molecular weight excluding hydrogens is 283 g/mol. The lowest BCUT2D eigenvalue weighted by molar-refractivity contribution is -0.137. The van der Waals surface area contributed by atoms with Crippen LogP contribution in [0.3, 0.4) is 0 Å². The van der Waals surface area contributed by atoms with Gasteiger partial charge in [-0.25, -0.2) is 0 Å². The van der Waals surface area contributed by atoms with E-state index in [1.165, 1.54) is 12.1 Å². The van der Waals surface area contributed by atoms with Crippen LogP contribution in [0.15, 0.2) is 28.8 Å². The zero-order chi connectivity index (χ0) is 14.9. The van der Waals surface area contributed by atoms with E-state index in [0.717, 1.165) is 37.2 Å². The van der Waals surface area contributed by atoms with E-state index in [2.05, 4.69) is 15.5 Å². The molecule has 1 saturated heterocycles. The van der Waals surface area contributed by atoms with E-state index in [1.54, 1.807) is 0 Å². The van der Waals surface area contributed by atoms with E-state index < -0.39 is 11.7 Å². The van der Waals surface area contributed by atoms with Crippen molar-refractivity contribution in [3.8, 4) is 0 Å². The van der Waals surface area contributed by atoms with Crippen LogP contribution in [0, 0.1) is 0 Å². The number of aromatic nitrogens is 2. The molecule has 112 valence electrons. The van der Waals surface area contributed by atoms with Gasteiger partial charge in [0.2, 0.25) is 5.89 Å². The summed E-state index contributed by atoms with van der Waals surface area (Å²) in [6.45, 7) is 1.75. The Morgan fingerprint density at radius 2 is 2.00 bits per heavy atom. The van der Waals surface area contributed by atoms with Crippen molar-refractivity contribution in [2.45, 2.75) is 24.9 Å². The first-order chi connectivity index (χ1) is 10.0. The van der Waals surface area contributed by atoms with Gasteiger partial charge in [-0.1, -0.05) is 17.3 Å². The molecule has 0 amide bonds. The molecule has 1 aromatic carbocycles. The molecule has 1 aliphatic rings. The van der Waals surface area contributed by atoms with Crippen LogP contribution in [-0.2, 0) is 12.6 Å². The number of rotatable bonds is 3. The fraction of sp³-hybridized carbons (Fsp3) is 0.429. The highest BCUT2D eigenvalue weighted by Gasteiger charge is 2.30. The lowest BCUT2D eigenvalue weighted by atomic mass is 10.1. The Balaban J connectivity index is 1.69. The average molecular weight is 297 g/mol. The number of alkyl halides is 3. The number of hydrogen-bond donors (Lipinski definition) is 1. The average Bonchev–Trinajstić information content (AvgIpc) is 3.08. The second-order valence-corrected chi connectivity index (χ2v) is 5.11. The predicted molar refractivity (Wildman–Crippen MR) is 68.8 cm³/mol. The van der Waals surface area contributed by atoms with Crippen LogP contribution >= 0.6 is 0 Å². The van der Waals surface area contributed by atoms with Crippen molar-refractivity contribution in [3.05, 3.63) is 47.1 Å². The number of nitrogens with one attached hydrogen (secondary N) is 1. The zero-order valence-electron chi connectivity index (χ0n) is 11.2. The number of hydrogen-bond acceptors (Lipinski definition) is 4. The van der Waals surface area contributed by atoms with Gasteiger partial charge in [0.25, 0.3) is 0 Å². The van der Waals surface area contributed by atoms with Crippen molar-refractivity contribution in [2.24, 2.45) is 0 Å². The molecule has 4 nitrogen and oxygen atoms in total. The van der Waals surface area contributed by atoms with Gasteiger partial charge in [0.05, 0.1) is 11.5 Å². The Hall–Kier alpha value is -1.89. The second kappa shape index (κ2) is 5.48. The van der Waals surface area contributed by atoms with Gasteiger partial charge in [-0.3, -0.25) is 0 Å². The first kappa shape index (κ1) is 14.1. The molecule has 0 aliphatic carbocycles. The van der Waals surface area contributed by atoms with E-state index in [9.17, 15) is 13.2 Å². The lowest BCUT2D eigenvalue weighted by Crippen LogP contribution is -2.08. The molecule has 2 heterocycles. The van der Waals surface area contributed by atoms with Crippen molar-refractivity contribution in [1.29, 1.82) is 0 Å². The highest BCUT2D eigenvalue weighted by Crippen LogP contribution is 2.29. The van der Waals surface area contributed by atoms with Gasteiger partial charge in [-0.05, 0) is 30.7 Å². The maximum absolute atomic E-state index is 12.5. The normalized spacial score (nSPS) is 19.1. The second-order valence-electron chi connectivity index (χ2n) is 5.11. The summed E-state index contributed by atoms with van der Waals surface area (Å²) in [5, 5.41) is 7.11. The molecule has 2 aromatic rings. The van der Waals surface area contributed by atoms with Crippen LogP contribution in [0.5, 0.6) is 0 Å². The number of halogens is 3. The molecule has 1 aliphatic heterocycles. The predicted octanol–water partition coefficient (Wildman–Crippen LogP) is 2.76. The smallest absolute Gasteiger partial charge is 0.339 e. The minimum atomic E-state index is -4.31. The Morgan fingerprint density at radius 3 is 2.62 bits per heavy atom. The van der Waals surface area contributed by atoms with E-state index in [-0.39, 0.29) is 5.92 Å². The standard InChI is InChI=1S/C14H14F3N3O/c15-14(16,17)11-3-1-9(2-4-11)7-12-19-13(21-20-12)10-5-6-18-8-10/h1-4,10,18H,5-8H2. The van der Waals surface area contributed by atoms with E-state index in [4.69, 9.17) is 4.52 Å². The van der Waals surface area contributed by atoms with Gasteiger partial charge < -0.3 is 9.84 Å². The molecule has 0 spiro atoms. The molecule has 3 rings (SSSR count). The van der Waals surface area contributed by atoms with Crippen LogP contribution in [0.25, 0.3) is 0 Å². The zero-order valence-corrected chi connectivity index (χ0v) is 11.2. The van der Waals surface area contributed by atoms with Gasteiger partial charge in [0.1, 0.15) is 0 Å². The van der Waals surface area contributed by atoms with Crippen molar-refractivity contribution in [3.63, 3.8) is 0 Å². The van der Waals surface area contributed by atoms with E-state index in [0.29, 0.717) is 18.1 Å². The van der Waals surface area contributed by atoms with Crippen molar-refractivity contribution >= 4 is 0 Å². The monoisotopic (exact) mass is 297 g/mol. The van der Waals surface area contributed by atoms with Gasteiger partial charge in [-0.2, -0.15) is 18.2 Å². The first-order valence-corrected chi connectivity index (χ1v) is 6.72. The molecule has 0 radical (unpaired) electrons. The highest BCUT2D eigenvalue weighted by atomic mass is 19.4. The number of benzene rings is 1. The molecule has 21 heavy (non-hydrogen) atoms. The third kappa shape index (κ3) is 3.24. The molecule has 0 bridgehead atoms. The van der Waals surface area contributed by atoms with E-state index in [1.807, 2.05) is 0 Å². The summed E-state index contributed by atoms with van der Waals surface area (Å²) in [7, 11) is 0. The Morgan fingerprint density at radius 1 is 1.24 bits per heavy atom. The Kier molecular flexibility index (Phi) is 3.67. The molecule has 1 aromatic heterocycles. The van der Waals surface area contributed by atoms with Crippen molar-refractivity contribution in [2.75, 3.05) is 13.1 Å². The van der Waals surface area contributed by atoms with Gasteiger partial charge in [-0.15, -0.1) is 0 Å². The number of nitrogens with zero attached hydrogens (tertiary/aromatic N) is 2. The molecule has 1 N–H and O–H groups in total. The summed E-state index contributed by atoms with van der Waals surface area (Å²) >= 11 is 0. The van der Waals surface area contributed by atoms with Gasteiger partial charge in [0, 0.05) is 13.0 Å². The molecule has 1 atom stereocenters. The SMILES string of the molecule is FC(F)(F)c1ccc(Cc2noc(C3CCNC3)n2)cc1. The fourth-order valence-corrected chi connectivity index (χ4v) is 2.36. The largest absolute Gasteiger partial charge is 0.416 e. The summed E-state index contributed by atoms with van der Waals surface area (Å²) in [6.07, 6.45) is -2.99. The summed E-state index contributed by atoms with van der Waals surface area (Å²) in [4.78, 5) is 4.32. The Bertz CT molecular complexity index is 601. The van der Waals surface area contributed by atoms with Crippen LogP contribution in [0.2, 0.25) is 0 Å². The van der Waals surface area contributed by atoms with Crippen molar-refractivity contribution in [1.82, 2.24) is 15.5 Å². The minimum absolute atomic E-state index is 0.235. The lowest BCUT2D eigenvalue weighted by Gasteiger charge is -2.06. The molecule has 7 heteroatoms. The first-order valence-electron chi connectivity index (χ1n) is 6.72. The van der Waals surface area contributed by atoms with Crippen LogP contribution < -0.4 is 5.32 Å². The molecule has 1 fully saturated rings. The maximum Gasteiger partial charge on any atom is 0.416 e. The van der Waals surface area contributed by atoms with Gasteiger partial charge >= 0.3 is 6.18 Å². The van der Waals surface area contributed by atoms with Crippen LogP contribution in [0.4, 0.5) is 13.2 Å². The summed E-state index contributed by atoms with van der Waals surface area (Å²) in [5.74, 6) is 1.33. The molecule has 1 unspecified atom stereocenters. The highest BCUT2D eigenvalue weighted by molar-refractivity contribution is 5.26. The van der Waals surface area contributed by atoms with Gasteiger partial charge in [0.15, 0.2) is 5.82 Å². The Labute approximate surface area is 119 Å². The summed E-state index contributed by atoms with van der Waals surface area (Å²) in [5.41, 5.74) is 0.0666. The molecule has 0 saturated carbocycles. The maximum atomic E-state index is 12.5. The van der Waals surface area contributed by atoms with Crippen LogP contribution in [-0.4, -0.2) is 23.2 Å². The third-order valence-corrected chi connectivity index (χ3v) is 3.54. The third-order valence-electron chi connectivity index (χ3n) is 3.54. The summed E-state index contributed by atoms with van der Waals surface area (Å²) < 4.78 is 42.6. The molecular formula is C14H14F3N3O. The summed E-state index contributed by atoms with van der Waals surface area (Å²) in [6, 6.07) is 5.01. The van der Waals surface area contributed by atoms with E-state index >= 15 is 0 Å². The topological polar surface area (TPSA) is 51.0 Å². The minimum Gasteiger partial charge on any atom is -0.339 e. The quantitative estimate of drug-likeness (QED) is 0.946.